The minimum atomic E-state index is -4.75. The molecular formula is C44H70NO11P. The van der Waals surface area contributed by atoms with Crippen LogP contribution < -0.4 is 5.73 Å². The van der Waals surface area contributed by atoms with Gasteiger partial charge >= 0.3 is 25.7 Å². The van der Waals surface area contributed by atoms with E-state index >= 15 is 0 Å². The molecule has 0 saturated carbocycles. The molecule has 13 heteroatoms. The van der Waals surface area contributed by atoms with E-state index in [-0.39, 0.29) is 12.8 Å². The summed E-state index contributed by atoms with van der Waals surface area (Å²) in [5, 5.41) is 18.6. The molecule has 0 radical (unpaired) electrons. The largest absolute Gasteiger partial charge is 0.480 e. The van der Waals surface area contributed by atoms with Crippen molar-refractivity contribution in [1.82, 2.24) is 0 Å². The Morgan fingerprint density at radius 2 is 1.16 bits per heavy atom. The van der Waals surface area contributed by atoms with Crippen molar-refractivity contribution < 1.29 is 52.6 Å². The third-order valence-corrected chi connectivity index (χ3v) is 8.85. The highest BCUT2D eigenvalue weighted by molar-refractivity contribution is 7.47. The summed E-state index contributed by atoms with van der Waals surface area (Å²) in [5.41, 5.74) is 5.32. The van der Waals surface area contributed by atoms with E-state index in [1.165, 1.54) is 0 Å². The van der Waals surface area contributed by atoms with E-state index in [1.807, 2.05) is 55.5 Å². The molecule has 2 unspecified atom stereocenters. The molecule has 0 rings (SSSR count). The number of carboxylic acid groups (broad SMARTS) is 1. The first-order valence-electron chi connectivity index (χ1n) is 20.4. The number of aliphatic hydroxyl groups is 1. The summed E-state index contributed by atoms with van der Waals surface area (Å²) >= 11 is 0. The predicted molar refractivity (Wildman–Crippen MR) is 227 cm³/mol. The number of rotatable bonds is 36. The van der Waals surface area contributed by atoms with Gasteiger partial charge in [-0.3, -0.25) is 23.4 Å². The molecule has 4 atom stereocenters. The van der Waals surface area contributed by atoms with Crippen LogP contribution in [0.5, 0.6) is 0 Å². The summed E-state index contributed by atoms with van der Waals surface area (Å²) in [6, 6.07) is -1.54. The zero-order valence-corrected chi connectivity index (χ0v) is 35.1. The number of hydrogen-bond donors (Lipinski definition) is 4. The molecule has 0 bridgehead atoms. The predicted octanol–water partition coefficient (Wildman–Crippen LogP) is 9.47. The molecule has 0 aliphatic carbocycles. The van der Waals surface area contributed by atoms with Crippen LogP contribution in [0.2, 0.25) is 0 Å². The summed E-state index contributed by atoms with van der Waals surface area (Å²) < 4.78 is 32.5. The quantitative estimate of drug-likeness (QED) is 0.0154. The molecule has 0 spiro atoms. The van der Waals surface area contributed by atoms with E-state index in [1.54, 1.807) is 6.08 Å². The first-order valence-corrected chi connectivity index (χ1v) is 21.9. The fraction of sp³-hybridized carbons (Fsp3) is 0.568. The molecular weight excluding hydrogens is 749 g/mol. The van der Waals surface area contributed by atoms with Gasteiger partial charge in [-0.1, -0.05) is 130 Å². The fourth-order valence-corrected chi connectivity index (χ4v) is 5.50. The molecule has 0 aromatic heterocycles. The molecule has 0 heterocycles. The van der Waals surface area contributed by atoms with Gasteiger partial charge in [-0.15, -0.1) is 0 Å². The number of phosphoric acid groups is 1. The maximum absolute atomic E-state index is 12.6. The minimum absolute atomic E-state index is 0.115. The lowest BCUT2D eigenvalue weighted by molar-refractivity contribution is -0.161. The number of carbonyl (C=O) groups excluding carboxylic acids is 2. The lowest BCUT2D eigenvalue weighted by Crippen LogP contribution is -2.34. The zero-order chi connectivity index (χ0) is 42.2. The number of carbonyl (C=O) groups is 3. The summed E-state index contributed by atoms with van der Waals surface area (Å²) in [6.45, 7) is 2.34. The standard InChI is InChI=1S/C44H70NO11P/c1-3-5-7-8-9-10-11-12-13-14-19-22-25-28-31-35-43(48)56-40(37-54-57(51,52)55-38-41(45)44(49)50)36-53-42(47)34-30-27-24-21-18-16-15-17-20-23-26-29-33-39(46)32-6-4-2/h5-7,9-10,12-13,15-16,20-21,23-24,26,29,32,39-41,46H,3-4,8,11,14,17-19,22,25,27-28,30-31,33-38,45H2,1-2H3,(H,49,50)(H,51,52)/b7-5-,10-9-,13-12-,16-15-,23-20-,24-21-,29-26+,32-6-/t39?,40-,41+/m1/s1. The normalized spacial score (nSPS) is 15.3. The van der Waals surface area contributed by atoms with Crippen molar-refractivity contribution in [2.24, 2.45) is 5.73 Å². The first-order chi connectivity index (χ1) is 27.5. The average molecular weight is 820 g/mol. The third-order valence-electron chi connectivity index (χ3n) is 7.90. The van der Waals surface area contributed by atoms with Gasteiger partial charge in [-0.2, -0.15) is 0 Å². The van der Waals surface area contributed by atoms with Gasteiger partial charge in [0, 0.05) is 12.8 Å². The summed E-state index contributed by atoms with van der Waals surface area (Å²) in [7, 11) is -4.75. The molecule has 57 heavy (non-hydrogen) atoms. The highest BCUT2D eigenvalue weighted by atomic mass is 31.2. The van der Waals surface area contributed by atoms with Gasteiger partial charge in [-0.05, 0) is 77.0 Å². The Morgan fingerprint density at radius 3 is 1.81 bits per heavy atom. The Balaban J connectivity index is 4.58. The highest BCUT2D eigenvalue weighted by Gasteiger charge is 2.28. The monoisotopic (exact) mass is 819 g/mol. The molecule has 0 saturated heterocycles. The fourth-order valence-electron chi connectivity index (χ4n) is 4.72. The molecule has 0 aromatic rings. The number of ether oxygens (including phenoxy) is 2. The number of aliphatic hydroxyl groups excluding tert-OH is 1. The second-order valence-corrected chi connectivity index (χ2v) is 14.7. The van der Waals surface area contributed by atoms with Gasteiger partial charge in [0.2, 0.25) is 0 Å². The topological polar surface area (TPSA) is 192 Å². The zero-order valence-electron chi connectivity index (χ0n) is 34.2. The maximum Gasteiger partial charge on any atom is 0.472 e. The maximum atomic E-state index is 12.6. The van der Waals surface area contributed by atoms with Gasteiger partial charge < -0.3 is 30.3 Å². The van der Waals surface area contributed by atoms with Crippen LogP contribution in [0.4, 0.5) is 0 Å². The Morgan fingerprint density at radius 1 is 0.632 bits per heavy atom. The van der Waals surface area contributed by atoms with E-state index in [0.717, 1.165) is 70.6 Å². The highest BCUT2D eigenvalue weighted by Crippen LogP contribution is 2.43. The van der Waals surface area contributed by atoms with Crippen LogP contribution in [0.15, 0.2) is 97.2 Å². The Bertz CT molecular complexity index is 1350. The second-order valence-electron chi connectivity index (χ2n) is 13.2. The third kappa shape index (κ3) is 37.7. The molecule has 12 nitrogen and oxygen atoms in total. The van der Waals surface area contributed by atoms with Crippen molar-refractivity contribution in [1.29, 1.82) is 0 Å². The molecule has 0 aromatic carbocycles. The summed E-state index contributed by atoms with van der Waals surface area (Å²) in [4.78, 5) is 45.9. The van der Waals surface area contributed by atoms with Crippen LogP contribution in [0.3, 0.4) is 0 Å². The van der Waals surface area contributed by atoms with Gasteiger partial charge in [0.25, 0.3) is 0 Å². The number of aliphatic carboxylic acids is 1. The number of phosphoric ester groups is 1. The molecule has 5 N–H and O–H groups in total. The van der Waals surface area contributed by atoms with Gasteiger partial charge in [-0.25, -0.2) is 4.57 Å². The molecule has 0 amide bonds. The smallest absolute Gasteiger partial charge is 0.472 e. The molecule has 0 aliphatic heterocycles. The molecule has 0 fully saturated rings. The Hall–Kier alpha value is -3.64. The average Bonchev–Trinajstić information content (AvgIpc) is 3.18. The Labute approximate surface area is 341 Å². The van der Waals surface area contributed by atoms with Gasteiger partial charge in [0.1, 0.15) is 12.6 Å². The minimum Gasteiger partial charge on any atom is -0.480 e. The van der Waals surface area contributed by atoms with Crippen LogP contribution in [0, 0.1) is 0 Å². The summed E-state index contributed by atoms with van der Waals surface area (Å²) in [5.74, 6) is -2.52. The molecule has 322 valence electrons. The van der Waals surface area contributed by atoms with Crippen molar-refractivity contribution >= 4 is 25.7 Å². The van der Waals surface area contributed by atoms with Crippen LogP contribution in [-0.4, -0.2) is 71.1 Å². The number of hydrogen-bond acceptors (Lipinski definition) is 10. The van der Waals surface area contributed by atoms with Gasteiger partial charge in [0.05, 0.1) is 19.3 Å². The van der Waals surface area contributed by atoms with Crippen LogP contribution in [0.25, 0.3) is 0 Å². The first kappa shape index (κ1) is 53.4. The van der Waals surface area contributed by atoms with Crippen LogP contribution >= 0.6 is 7.82 Å². The van der Waals surface area contributed by atoms with Crippen molar-refractivity contribution in [2.75, 3.05) is 19.8 Å². The van der Waals surface area contributed by atoms with Gasteiger partial charge in [0.15, 0.2) is 6.10 Å². The SMILES string of the molecule is CC/C=C\C/C=C\C/C=C\CCCCCCCC(=O)O[C@H](COC(=O)CCC/C=C\C/C=C\C/C=C\C=C\CC(O)/C=C\CC)COP(=O)(O)OC[C@H](N)C(=O)O. The van der Waals surface area contributed by atoms with Crippen LogP contribution in [0.1, 0.15) is 123 Å². The number of nitrogens with two attached hydrogens (primary N) is 1. The second kappa shape index (κ2) is 37.9. The molecule has 0 aliphatic rings. The van der Waals surface area contributed by atoms with Crippen molar-refractivity contribution in [3.63, 3.8) is 0 Å². The lowest BCUT2D eigenvalue weighted by Gasteiger charge is -2.20. The van der Waals surface area contributed by atoms with E-state index in [2.05, 4.69) is 54.0 Å². The van der Waals surface area contributed by atoms with E-state index in [9.17, 15) is 28.9 Å². The van der Waals surface area contributed by atoms with E-state index in [4.69, 9.17) is 24.8 Å². The van der Waals surface area contributed by atoms with E-state index < -0.39 is 63.8 Å². The summed E-state index contributed by atoms with van der Waals surface area (Å²) in [6.07, 6.45) is 43.9. The number of allylic oxidation sites excluding steroid dienone is 14. The van der Waals surface area contributed by atoms with E-state index in [0.29, 0.717) is 25.7 Å². The number of unbranched alkanes of at least 4 members (excludes halogenated alkanes) is 6. The number of esters is 2. The van der Waals surface area contributed by atoms with Crippen molar-refractivity contribution in [3.8, 4) is 0 Å². The van der Waals surface area contributed by atoms with Crippen molar-refractivity contribution in [2.45, 2.75) is 141 Å². The van der Waals surface area contributed by atoms with Crippen molar-refractivity contribution in [3.05, 3.63) is 97.2 Å². The number of carboxylic acids is 1. The Kier molecular flexibility index (Phi) is 35.5. The lowest BCUT2D eigenvalue weighted by atomic mass is 10.1. The van der Waals surface area contributed by atoms with Crippen LogP contribution in [-0.2, 0) is 37.5 Å².